The average molecular weight is 620 g/mol. The van der Waals surface area contributed by atoms with Crippen molar-refractivity contribution < 1.29 is 24.1 Å². The van der Waals surface area contributed by atoms with Gasteiger partial charge in [-0.25, -0.2) is 0 Å². The summed E-state index contributed by atoms with van der Waals surface area (Å²) in [5, 5.41) is 12.1. The highest BCUT2D eigenvalue weighted by Gasteiger charge is 2.34. The number of rotatable bonds is 8. The molecule has 0 bridgehead atoms. The lowest BCUT2D eigenvalue weighted by Crippen LogP contribution is -2.44. The Hall–Kier alpha value is -2.20. The molecule has 41 heavy (non-hydrogen) atoms. The van der Waals surface area contributed by atoms with Crippen LogP contribution in [0.2, 0.25) is 0 Å². The van der Waals surface area contributed by atoms with Crippen LogP contribution in [-0.2, 0) is 32.2 Å². The lowest BCUT2D eigenvalue weighted by atomic mass is 9.98. The van der Waals surface area contributed by atoms with Crippen molar-refractivity contribution in [1.29, 1.82) is 0 Å². The van der Waals surface area contributed by atoms with Crippen LogP contribution in [0, 0.1) is 0 Å². The Kier molecular flexibility index (Phi) is 10.2. The fraction of sp³-hybridized carbons (Fsp3) is 0.387. The van der Waals surface area contributed by atoms with E-state index in [-0.39, 0.29) is 25.4 Å². The summed E-state index contributed by atoms with van der Waals surface area (Å²) < 4.78 is 16.6. The van der Waals surface area contributed by atoms with Crippen LogP contribution < -0.4 is 5.32 Å². The second kappa shape index (κ2) is 13.8. The monoisotopic (exact) mass is 618 g/mol. The molecule has 2 aliphatic heterocycles. The molecule has 0 spiro atoms. The highest BCUT2D eigenvalue weighted by atomic mass is 35.6. The van der Waals surface area contributed by atoms with E-state index in [1.165, 1.54) is 0 Å². The third kappa shape index (κ3) is 8.21. The van der Waals surface area contributed by atoms with E-state index in [0.29, 0.717) is 0 Å². The van der Waals surface area contributed by atoms with Crippen LogP contribution in [0.4, 0.5) is 0 Å². The summed E-state index contributed by atoms with van der Waals surface area (Å²) in [4.78, 5) is 14.4. The molecule has 218 valence electrons. The summed E-state index contributed by atoms with van der Waals surface area (Å²) in [6, 6.07) is 23.9. The molecular formula is C31H33Cl3N2O5. The minimum Gasteiger partial charge on any atom is -0.392 e. The van der Waals surface area contributed by atoms with E-state index < -0.39 is 16.0 Å². The Morgan fingerprint density at radius 2 is 1.61 bits per heavy atom. The molecule has 0 unspecified atom stereocenters. The van der Waals surface area contributed by atoms with E-state index in [1.807, 2.05) is 66.7 Å². The number of halogens is 3. The second-order valence-corrected chi connectivity index (χ2v) is 12.6. The van der Waals surface area contributed by atoms with Crippen LogP contribution in [0.3, 0.4) is 0 Å². The van der Waals surface area contributed by atoms with Gasteiger partial charge in [-0.3, -0.25) is 9.69 Å². The Bertz CT molecular complexity index is 1310. The smallest absolute Gasteiger partial charge is 0.272 e. The lowest BCUT2D eigenvalue weighted by Gasteiger charge is -2.39. The number of ether oxygens (including phenoxy) is 3. The number of nitrogens with zero attached hydrogens (tertiary/aromatic N) is 1. The maximum absolute atomic E-state index is 12.0. The minimum atomic E-state index is -2.01. The van der Waals surface area contributed by atoms with Crippen molar-refractivity contribution in [2.75, 3.05) is 32.8 Å². The van der Waals surface area contributed by atoms with Gasteiger partial charge in [-0.15, -0.1) is 0 Å². The zero-order valence-electron chi connectivity index (χ0n) is 22.5. The zero-order chi connectivity index (χ0) is 28.8. The summed E-state index contributed by atoms with van der Waals surface area (Å²) >= 11 is 17.0. The fourth-order valence-corrected chi connectivity index (χ4v) is 5.31. The quantitative estimate of drug-likeness (QED) is 0.315. The van der Waals surface area contributed by atoms with E-state index in [9.17, 15) is 9.90 Å². The summed E-state index contributed by atoms with van der Waals surface area (Å²) in [7, 11) is 0. The van der Waals surface area contributed by atoms with Crippen molar-refractivity contribution >= 4 is 40.7 Å². The van der Waals surface area contributed by atoms with Crippen LogP contribution >= 0.6 is 34.8 Å². The predicted molar refractivity (Wildman–Crippen MR) is 160 cm³/mol. The average Bonchev–Trinajstić information content (AvgIpc) is 3.00. The first-order valence-corrected chi connectivity index (χ1v) is 14.8. The SMILES string of the molecule is O=C(NCc1cccc(-c2cccc([C@@H]3O[C@H](CN4CCOCC4)C[C@H](c4ccc(CO)cc4)O3)c2)c1)C(Cl)(Cl)Cl. The first kappa shape index (κ1) is 30.3. The molecule has 0 saturated carbocycles. The molecule has 3 aromatic carbocycles. The molecule has 2 heterocycles. The van der Waals surface area contributed by atoms with Gasteiger partial charge in [-0.1, -0.05) is 95.5 Å². The Morgan fingerprint density at radius 3 is 2.32 bits per heavy atom. The molecule has 1 amide bonds. The van der Waals surface area contributed by atoms with Gasteiger partial charge in [0.2, 0.25) is 0 Å². The van der Waals surface area contributed by atoms with Crippen LogP contribution in [0.15, 0.2) is 72.8 Å². The van der Waals surface area contributed by atoms with Gasteiger partial charge in [0, 0.05) is 38.2 Å². The molecule has 5 rings (SSSR count). The molecule has 0 radical (unpaired) electrons. The van der Waals surface area contributed by atoms with Crippen molar-refractivity contribution in [3.63, 3.8) is 0 Å². The van der Waals surface area contributed by atoms with E-state index in [2.05, 4.69) is 16.3 Å². The van der Waals surface area contributed by atoms with Gasteiger partial charge in [0.1, 0.15) is 0 Å². The molecule has 0 aromatic heterocycles. The topological polar surface area (TPSA) is 80.3 Å². The lowest BCUT2D eigenvalue weighted by molar-refractivity contribution is -0.253. The number of aliphatic hydroxyl groups is 1. The van der Waals surface area contributed by atoms with Crippen LogP contribution in [-0.4, -0.2) is 58.7 Å². The van der Waals surface area contributed by atoms with Gasteiger partial charge in [0.25, 0.3) is 9.70 Å². The van der Waals surface area contributed by atoms with Crippen molar-refractivity contribution in [3.8, 4) is 11.1 Å². The normalized spacial score (nSPS) is 21.9. The number of carbonyl (C=O) groups is 1. The number of amides is 1. The zero-order valence-corrected chi connectivity index (χ0v) is 24.7. The number of hydrogen-bond acceptors (Lipinski definition) is 6. The second-order valence-electron chi connectivity index (χ2n) is 10.3. The van der Waals surface area contributed by atoms with Crippen molar-refractivity contribution in [1.82, 2.24) is 10.2 Å². The van der Waals surface area contributed by atoms with E-state index in [0.717, 1.165) is 72.6 Å². The van der Waals surface area contributed by atoms with Crippen LogP contribution in [0.25, 0.3) is 11.1 Å². The standard InChI is InChI=1S/C31H33Cl3N2O5/c32-31(33,34)30(38)35-18-22-3-1-4-24(15-22)25-5-2-6-26(16-25)29-40-27(19-36-11-13-39-14-12-36)17-28(41-29)23-9-7-21(20-37)8-10-23/h1-10,15-16,27-29,37H,11-14,17-20H2,(H,35,38)/t27-,28+,29+/m0/s1. The predicted octanol–water partition coefficient (Wildman–Crippen LogP) is 5.71. The molecule has 2 aliphatic rings. The van der Waals surface area contributed by atoms with Crippen LogP contribution in [0.1, 0.15) is 41.1 Å². The molecule has 2 saturated heterocycles. The summed E-state index contributed by atoms with van der Waals surface area (Å²) in [5.41, 5.74) is 5.68. The van der Waals surface area contributed by atoms with Gasteiger partial charge < -0.3 is 24.6 Å². The summed E-state index contributed by atoms with van der Waals surface area (Å²) in [5.74, 6) is -0.673. The highest BCUT2D eigenvalue weighted by molar-refractivity contribution is 6.76. The molecule has 10 heteroatoms. The van der Waals surface area contributed by atoms with Gasteiger partial charge in [-0.05, 0) is 39.9 Å². The van der Waals surface area contributed by atoms with E-state index >= 15 is 0 Å². The molecule has 3 atom stereocenters. The number of benzene rings is 3. The van der Waals surface area contributed by atoms with Gasteiger partial charge in [0.05, 0.1) is 32.0 Å². The number of carbonyl (C=O) groups excluding carboxylic acids is 1. The molecule has 2 fully saturated rings. The highest BCUT2D eigenvalue weighted by Crippen LogP contribution is 2.39. The number of alkyl halides is 3. The van der Waals surface area contributed by atoms with Gasteiger partial charge in [0.15, 0.2) is 6.29 Å². The van der Waals surface area contributed by atoms with Crippen molar-refractivity contribution in [2.45, 2.75) is 41.9 Å². The minimum absolute atomic E-state index is 0.00443. The van der Waals surface area contributed by atoms with E-state index in [1.54, 1.807) is 0 Å². The Balaban J connectivity index is 1.35. The number of hydrogen-bond donors (Lipinski definition) is 2. The maximum Gasteiger partial charge on any atom is 0.272 e. The maximum atomic E-state index is 12.0. The van der Waals surface area contributed by atoms with Crippen molar-refractivity contribution in [3.05, 3.63) is 95.1 Å². The third-order valence-corrected chi connectivity index (χ3v) is 7.83. The van der Waals surface area contributed by atoms with E-state index in [4.69, 9.17) is 49.0 Å². The molecule has 7 nitrogen and oxygen atoms in total. The fourth-order valence-electron chi connectivity index (χ4n) is 5.11. The number of nitrogens with one attached hydrogen (secondary N) is 1. The first-order chi connectivity index (χ1) is 19.8. The Morgan fingerprint density at radius 1 is 0.902 bits per heavy atom. The van der Waals surface area contributed by atoms with Gasteiger partial charge >= 0.3 is 0 Å². The Labute approximate surface area is 255 Å². The molecule has 2 N–H and O–H groups in total. The van der Waals surface area contributed by atoms with Gasteiger partial charge in [-0.2, -0.15) is 0 Å². The largest absolute Gasteiger partial charge is 0.392 e. The molecule has 3 aromatic rings. The summed E-state index contributed by atoms with van der Waals surface area (Å²) in [6.45, 7) is 4.27. The summed E-state index contributed by atoms with van der Waals surface area (Å²) in [6.07, 6.45) is 0.00138. The molecule has 0 aliphatic carbocycles. The van der Waals surface area contributed by atoms with Crippen LogP contribution in [0.5, 0.6) is 0 Å². The molecular weight excluding hydrogens is 587 g/mol. The van der Waals surface area contributed by atoms with Crippen molar-refractivity contribution in [2.24, 2.45) is 0 Å². The first-order valence-electron chi connectivity index (χ1n) is 13.6. The number of morpholine rings is 1. The third-order valence-electron chi connectivity index (χ3n) is 7.31. The number of aliphatic hydroxyl groups excluding tert-OH is 1.